The number of ether oxygens (including phenoxy) is 5. The molecule has 4 aromatic rings. The fraction of sp³-hybridized carbons (Fsp3) is 0.364. The van der Waals surface area contributed by atoms with Crippen molar-refractivity contribution >= 4 is 29.9 Å². The normalized spacial score (nSPS) is 12.1. The number of carboxylic acids is 1. The van der Waals surface area contributed by atoms with Crippen molar-refractivity contribution in [3.05, 3.63) is 102 Å². The van der Waals surface area contributed by atoms with Crippen molar-refractivity contribution in [2.75, 3.05) is 38.2 Å². The maximum absolute atomic E-state index is 13.4. The van der Waals surface area contributed by atoms with Crippen molar-refractivity contribution in [1.82, 2.24) is 10.6 Å². The van der Waals surface area contributed by atoms with Crippen molar-refractivity contribution in [2.45, 2.75) is 71.5 Å². The monoisotopic (exact) mass is 781 g/mol. The van der Waals surface area contributed by atoms with Gasteiger partial charge < -0.3 is 39.4 Å². The van der Waals surface area contributed by atoms with E-state index < -0.39 is 35.5 Å². The largest absolute Gasteiger partial charge is 0.493 e. The molecule has 13 heteroatoms. The molecule has 0 atom stereocenters. The molecule has 0 radical (unpaired) electrons. The summed E-state index contributed by atoms with van der Waals surface area (Å²) >= 11 is 0. The number of carbonyl (C=O) groups excluding carboxylic acids is 3. The summed E-state index contributed by atoms with van der Waals surface area (Å²) < 4.78 is 28.5. The van der Waals surface area contributed by atoms with Crippen LogP contribution in [0.1, 0.15) is 81.8 Å². The summed E-state index contributed by atoms with van der Waals surface area (Å²) in [5.74, 6) is -1.11. The van der Waals surface area contributed by atoms with E-state index in [2.05, 4.69) is 28.1 Å². The predicted molar refractivity (Wildman–Crippen MR) is 216 cm³/mol. The molecule has 57 heavy (non-hydrogen) atoms. The Morgan fingerprint density at radius 2 is 1.11 bits per heavy atom. The van der Waals surface area contributed by atoms with E-state index in [0.717, 1.165) is 22.3 Å². The number of aromatic carboxylic acids is 1. The van der Waals surface area contributed by atoms with E-state index in [4.69, 9.17) is 23.7 Å². The third-order valence-electron chi connectivity index (χ3n) is 8.60. The Morgan fingerprint density at radius 3 is 1.63 bits per heavy atom. The number of anilines is 1. The van der Waals surface area contributed by atoms with Gasteiger partial charge in [-0.15, -0.1) is 0 Å². The van der Waals surface area contributed by atoms with Crippen LogP contribution in [0.3, 0.4) is 0 Å². The van der Waals surface area contributed by atoms with Crippen LogP contribution in [0.25, 0.3) is 22.3 Å². The number of carbonyl (C=O) groups is 4. The van der Waals surface area contributed by atoms with Gasteiger partial charge in [0.05, 0.1) is 18.9 Å². The number of hydrogen-bond donors (Lipinski definition) is 4. The molecule has 0 heterocycles. The van der Waals surface area contributed by atoms with Crippen molar-refractivity contribution in [1.29, 1.82) is 0 Å². The summed E-state index contributed by atoms with van der Waals surface area (Å²) in [6.45, 7) is 11.4. The Bertz CT molecular complexity index is 2020. The zero-order valence-electron chi connectivity index (χ0n) is 33.2. The number of carboxylic acid groups (broad SMARTS) is 1. The van der Waals surface area contributed by atoms with Crippen LogP contribution in [0, 0.1) is 0 Å². The average Bonchev–Trinajstić information content (AvgIpc) is 3.46. The molecule has 4 N–H and O–H groups in total. The van der Waals surface area contributed by atoms with Gasteiger partial charge in [-0.25, -0.2) is 19.2 Å². The summed E-state index contributed by atoms with van der Waals surface area (Å²) in [6.07, 6.45) is -1.07. The highest BCUT2D eigenvalue weighted by molar-refractivity contribution is 5.96. The van der Waals surface area contributed by atoms with Crippen molar-refractivity contribution in [3.63, 3.8) is 0 Å². The molecule has 3 amide bonds. The third-order valence-corrected chi connectivity index (χ3v) is 8.60. The molecule has 5 rings (SSSR count). The predicted octanol–water partition coefficient (Wildman–Crippen LogP) is 9.00. The molecule has 0 bridgehead atoms. The standard InChI is InChI=1S/C44H51N3O10/c1-43(2,3)56-40(50)45-21-13-23-53-37-26-34(39(48)49)38(54-24-14-22-46-41(51)57-44(4,5)6)25-33(37)32-19-11-12-20-36(32)47-42(52)55-27-35-30-17-9-7-15-28(30)29-16-8-10-18-31(29)35/h7-12,15-20,25-26,35H,13-14,21-24,27H2,1-6H3,(H,45,50)(H,46,51)(H,47,52)(H,48,49). The lowest BCUT2D eigenvalue weighted by molar-refractivity contribution is 0.0513. The van der Waals surface area contributed by atoms with Gasteiger partial charge in [0.2, 0.25) is 0 Å². The minimum atomic E-state index is -1.25. The molecule has 1 aliphatic rings. The van der Waals surface area contributed by atoms with Gasteiger partial charge in [0, 0.05) is 30.1 Å². The number of amides is 3. The maximum Gasteiger partial charge on any atom is 0.411 e. The van der Waals surface area contributed by atoms with E-state index in [0.29, 0.717) is 29.7 Å². The highest BCUT2D eigenvalue weighted by atomic mass is 16.6. The summed E-state index contributed by atoms with van der Waals surface area (Å²) in [7, 11) is 0. The van der Waals surface area contributed by atoms with Crippen LogP contribution >= 0.6 is 0 Å². The number of fused-ring (bicyclic) bond motifs is 3. The smallest absolute Gasteiger partial charge is 0.411 e. The Hall–Kier alpha value is -6.24. The van der Waals surface area contributed by atoms with Crippen molar-refractivity contribution in [3.8, 4) is 33.8 Å². The first-order chi connectivity index (χ1) is 27.1. The van der Waals surface area contributed by atoms with E-state index in [9.17, 15) is 24.3 Å². The van der Waals surface area contributed by atoms with E-state index >= 15 is 0 Å². The number of nitrogens with one attached hydrogen (secondary N) is 3. The van der Waals surface area contributed by atoms with Crippen LogP contribution in [-0.2, 0) is 14.2 Å². The number of para-hydroxylation sites is 1. The third kappa shape index (κ3) is 11.9. The zero-order valence-corrected chi connectivity index (χ0v) is 33.2. The molecule has 0 saturated heterocycles. The van der Waals surface area contributed by atoms with Gasteiger partial charge >= 0.3 is 24.2 Å². The Labute approximate surface area is 333 Å². The van der Waals surface area contributed by atoms with Gasteiger partial charge in [0.1, 0.15) is 34.9 Å². The lowest BCUT2D eigenvalue weighted by Crippen LogP contribution is -2.33. The first-order valence-corrected chi connectivity index (χ1v) is 18.9. The lowest BCUT2D eigenvalue weighted by Gasteiger charge is -2.20. The summed E-state index contributed by atoms with van der Waals surface area (Å²) in [5, 5.41) is 18.4. The fourth-order valence-electron chi connectivity index (χ4n) is 6.27. The molecule has 0 saturated carbocycles. The van der Waals surface area contributed by atoms with Crippen molar-refractivity contribution in [2.24, 2.45) is 0 Å². The quantitative estimate of drug-likeness (QED) is 0.0674. The molecule has 0 spiro atoms. The van der Waals surface area contributed by atoms with Crippen LogP contribution in [0.5, 0.6) is 11.5 Å². The molecule has 302 valence electrons. The van der Waals surface area contributed by atoms with Gasteiger partial charge in [0.15, 0.2) is 0 Å². The van der Waals surface area contributed by atoms with Crippen LogP contribution in [0.15, 0.2) is 84.9 Å². The molecule has 0 unspecified atom stereocenters. The van der Waals surface area contributed by atoms with E-state index in [1.165, 1.54) is 6.07 Å². The van der Waals surface area contributed by atoms with Crippen LogP contribution in [0.2, 0.25) is 0 Å². The van der Waals surface area contributed by atoms with Gasteiger partial charge in [-0.05, 0) is 94.8 Å². The topological polar surface area (TPSA) is 171 Å². The van der Waals surface area contributed by atoms with Crippen LogP contribution < -0.4 is 25.4 Å². The van der Waals surface area contributed by atoms with E-state index in [1.54, 1.807) is 71.9 Å². The lowest BCUT2D eigenvalue weighted by atomic mass is 9.98. The summed E-state index contributed by atoms with van der Waals surface area (Å²) in [6, 6.07) is 26.1. The molecule has 4 aromatic carbocycles. The summed E-state index contributed by atoms with van der Waals surface area (Å²) in [5.41, 5.74) is 4.29. The van der Waals surface area contributed by atoms with Gasteiger partial charge in [0.25, 0.3) is 0 Å². The van der Waals surface area contributed by atoms with Gasteiger partial charge in [-0.2, -0.15) is 0 Å². The van der Waals surface area contributed by atoms with E-state index in [-0.39, 0.29) is 55.9 Å². The second-order valence-corrected chi connectivity index (χ2v) is 15.4. The molecular formula is C44H51N3O10. The minimum Gasteiger partial charge on any atom is -0.493 e. The van der Waals surface area contributed by atoms with Gasteiger partial charge in [-0.1, -0.05) is 66.7 Å². The van der Waals surface area contributed by atoms with Gasteiger partial charge in [-0.3, -0.25) is 5.32 Å². The second kappa shape index (κ2) is 18.6. The maximum atomic E-state index is 13.4. The molecule has 0 aromatic heterocycles. The van der Waals surface area contributed by atoms with Crippen LogP contribution in [0.4, 0.5) is 20.1 Å². The second-order valence-electron chi connectivity index (χ2n) is 15.4. The Kier molecular flexibility index (Phi) is 13.7. The highest BCUT2D eigenvalue weighted by Gasteiger charge is 2.29. The minimum absolute atomic E-state index is 0.0599. The molecule has 0 fully saturated rings. The average molecular weight is 782 g/mol. The molecular weight excluding hydrogens is 730 g/mol. The molecule has 1 aliphatic carbocycles. The number of rotatable bonds is 15. The van der Waals surface area contributed by atoms with E-state index in [1.807, 2.05) is 36.4 Å². The van der Waals surface area contributed by atoms with Crippen LogP contribution in [-0.4, -0.2) is 73.5 Å². The number of hydrogen-bond acceptors (Lipinski definition) is 9. The summed E-state index contributed by atoms with van der Waals surface area (Å²) in [4.78, 5) is 50.1. The number of alkyl carbamates (subject to hydrolysis) is 2. The SMILES string of the molecule is CC(C)(C)OC(=O)NCCCOc1cc(-c2ccccc2NC(=O)OCC2c3ccccc3-c3ccccc32)c(OCCCNC(=O)OC(C)(C)C)cc1C(=O)O. The first kappa shape index (κ1) is 41.9. The van der Waals surface area contributed by atoms with Crippen molar-refractivity contribution < 1.29 is 48.0 Å². The zero-order chi connectivity index (χ0) is 41.2. The Morgan fingerprint density at radius 1 is 0.614 bits per heavy atom. The highest BCUT2D eigenvalue weighted by Crippen LogP contribution is 2.45. The fourth-order valence-corrected chi connectivity index (χ4v) is 6.27. The molecule has 0 aliphatic heterocycles. The first-order valence-electron chi connectivity index (χ1n) is 18.9. The Balaban J connectivity index is 1.34. The molecule has 13 nitrogen and oxygen atoms in total. The number of benzene rings is 4.